The molecule has 0 spiro atoms. The van der Waals surface area contributed by atoms with Crippen molar-refractivity contribution in [1.82, 2.24) is 0 Å². The van der Waals surface area contributed by atoms with E-state index in [0.29, 0.717) is 11.3 Å². The zero-order chi connectivity index (χ0) is 11.5. The maximum absolute atomic E-state index is 11.3. The molecule has 0 N–H and O–H groups in total. The zero-order valence-corrected chi connectivity index (χ0v) is 9.71. The Labute approximate surface area is 91.2 Å². The summed E-state index contributed by atoms with van der Waals surface area (Å²) in [5.41, 5.74) is 0.961. The van der Waals surface area contributed by atoms with E-state index in [1.165, 1.54) is 6.26 Å². The minimum Gasteiger partial charge on any atom is -0.224 e. The third kappa shape index (κ3) is 3.41. The van der Waals surface area contributed by atoms with Crippen molar-refractivity contribution < 1.29 is 8.42 Å². The Balaban J connectivity index is 3.00. The van der Waals surface area contributed by atoms with Crippen LogP contribution in [0.2, 0.25) is 0 Å². The molecule has 1 unspecified atom stereocenters. The van der Waals surface area contributed by atoms with Gasteiger partial charge in [0.05, 0.1) is 4.90 Å². The van der Waals surface area contributed by atoms with Crippen LogP contribution in [0.4, 0.5) is 0 Å². The topological polar surface area (TPSA) is 34.1 Å². The van der Waals surface area contributed by atoms with Crippen LogP contribution in [0, 0.1) is 18.3 Å². The van der Waals surface area contributed by atoms with Gasteiger partial charge in [-0.1, -0.05) is 19.1 Å². The predicted molar refractivity (Wildman–Crippen MR) is 61.3 cm³/mol. The number of hydrogen-bond acceptors (Lipinski definition) is 2. The van der Waals surface area contributed by atoms with E-state index in [4.69, 9.17) is 6.42 Å². The molecule has 0 saturated carbocycles. The molecule has 0 aliphatic carbocycles. The lowest BCUT2D eigenvalue weighted by molar-refractivity contribution is 0.601. The fourth-order valence-electron chi connectivity index (χ4n) is 1.32. The average molecular weight is 222 g/mol. The van der Waals surface area contributed by atoms with Gasteiger partial charge >= 0.3 is 0 Å². The number of hydrogen-bond donors (Lipinski definition) is 0. The molecule has 0 fully saturated rings. The molecule has 15 heavy (non-hydrogen) atoms. The second-order valence-electron chi connectivity index (χ2n) is 3.69. The van der Waals surface area contributed by atoms with Crippen molar-refractivity contribution in [3.8, 4) is 12.3 Å². The first kappa shape index (κ1) is 11.8. The molecule has 0 heterocycles. The Bertz CT molecular complexity index is 481. The van der Waals surface area contributed by atoms with Gasteiger partial charge in [0.2, 0.25) is 0 Å². The quantitative estimate of drug-likeness (QED) is 0.732. The van der Waals surface area contributed by atoms with Crippen LogP contribution in [0.5, 0.6) is 0 Å². The van der Waals surface area contributed by atoms with Crippen LogP contribution in [0.25, 0.3) is 0 Å². The molecule has 0 aliphatic rings. The molecule has 0 bridgehead atoms. The van der Waals surface area contributed by atoms with Gasteiger partial charge < -0.3 is 0 Å². The molecule has 1 aromatic rings. The standard InChI is InChI=1S/C12H14O2S/c1-4-10(2)8-11-6-5-7-12(9-11)15(3,13)14/h1,5-7,9-10H,8H2,2-3H3. The largest absolute Gasteiger partial charge is 0.224 e. The summed E-state index contributed by atoms with van der Waals surface area (Å²) in [6.07, 6.45) is 7.19. The van der Waals surface area contributed by atoms with E-state index in [9.17, 15) is 8.42 Å². The molecular formula is C12H14O2S. The number of rotatable bonds is 3. The summed E-state index contributed by atoms with van der Waals surface area (Å²) in [5, 5.41) is 0. The van der Waals surface area contributed by atoms with E-state index < -0.39 is 9.84 Å². The lowest BCUT2D eigenvalue weighted by atomic mass is 10.0. The molecule has 2 nitrogen and oxygen atoms in total. The monoisotopic (exact) mass is 222 g/mol. The summed E-state index contributed by atoms with van der Waals surface area (Å²) in [4.78, 5) is 0.351. The fourth-order valence-corrected chi connectivity index (χ4v) is 2.01. The molecule has 1 rings (SSSR count). The summed E-state index contributed by atoms with van der Waals surface area (Å²) in [6, 6.07) is 6.92. The first-order valence-corrected chi connectivity index (χ1v) is 6.57. The van der Waals surface area contributed by atoms with Crippen molar-refractivity contribution in [2.75, 3.05) is 6.26 Å². The first-order chi connectivity index (χ1) is 6.93. The molecule has 0 radical (unpaired) electrons. The van der Waals surface area contributed by atoms with Gasteiger partial charge in [0.1, 0.15) is 0 Å². The maximum Gasteiger partial charge on any atom is 0.175 e. The second-order valence-corrected chi connectivity index (χ2v) is 5.71. The summed E-state index contributed by atoms with van der Waals surface area (Å²) in [5.74, 6) is 2.75. The molecule has 0 amide bonds. The Hall–Kier alpha value is -1.27. The Kier molecular flexibility index (Phi) is 3.54. The highest BCUT2D eigenvalue weighted by molar-refractivity contribution is 7.90. The molecule has 0 aliphatic heterocycles. The van der Waals surface area contributed by atoms with E-state index in [-0.39, 0.29) is 5.92 Å². The SMILES string of the molecule is C#CC(C)Cc1cccc(S(C)(=O)=O)c1. The normalized spacial score (nSPS) is 13.1. The van der Waals surface area contributed by atoms with Crippen molar-refractivity contribution >= 4 is 9.84 Å². The van der Waals surface area contributed by atoms with Gasteiger partial charge in [-0.25, -0.2) is 8.42 Å². The summed E-state index contributed by atoms with van der Waals surface area (Å²) < 4.78 is 22.6. The van der Waals surface area contributed by atoms with Crippen LogP contribution in [0.1, 0.15) is 12.5 Å². The molecule has 3 heteroatoms. The van der Waals surface area contributed by atoms with Crippen LogP contribution in [-0.4, -0.2) is 14.7 Å². The van der Waals surface area contributed by atoms with Crippen molar-refractivity contribution in [3.63, 3.8) is 0 Å². The lowest BCUT2D eigenvalue weighted by Gasteiger charge is -2.05. The van der Waals surface area contributed by atoms with Crippen molar-refractivity contribution in [2.24, 2.45) is 5.92 Å². The van der Waals surface area contributed by atoms with Gasteiger partial charge in [0.25, 0.3) is 0 Å². The summed E-state index contributed by atoms with van der Waals surface area (Å²) in [7, 11) is -3.12. The highest BCUT2D eigenvalue weighted by Crippen LogP contribution is 2.14. The van der Waals surface area contributed by atoms with Gasteiger partial charge in [-0.2, -0.15) is 0 Å². The summed E-state index contributed by atoms with van der Waals surface area (Å²) in [6.45, 7) is 1.94. The van der Waals surface area contributed by atoms with E-state index in [1.807, 2.05) is 13.0 Å². The van der Waals surface area contributed by atoms with Crippen LogP contribution >= 0.6 is 0 Å². The average Bonchev–Trinajstić information content (AvgIpc) is 2.17. The van der Waals surface area contributed by atoms with Crippen LogP contribution < -0.4 is 0 Å². The van der Waals surface area contributed by atoms with Gasteiger partial charge in [0, 0.05) is 12.2 Å². The van der Waals surface area contributed by atoms with Gasteiger partial charge in [-0.3, -0.25) is 0 Å². The Morgan fingerprint density at radius 3 is 2.67 bits per heavy atom. The van der Waals surface area contributed by atoms with E-state index in [1.54, 1.807) is 18.2 Å². The van der Waals surface area contributed by atoms with Gasteiger partial charge in [-0.15, -0.1) is 12.3 Å². The predicted octanol–water partition coefficient (Wildman–Crippen LogP) is 1.90. The second kappa shape index (κ2) is 4.50. The zero-order valence-electron chi connectivity index (χ0n) is 8.90. The minimum atomic E-state index is -3.12. The molecule has 0 saturated heterocycles. The molecule has 0 aromatic heterocycles. The third-order valence-electron chi connectivity index (χ3n) is 2.15. The first-order valence-electron chi connectivity index (χ1n) is 4.68. The maximum atomic E-state index is 11.3. The molecule has 1 aromatic carbocycles. The highest BCUT2D eigenvalue weighted by Gasteiger charge is 2.08. The van der Waals surface area contributed by atoms with Crippen LogP contribution in [-0.2, 0) is 16.3 Å². The smallest absolute Gasteiger partial charge is 0.175 e. The number of benzene rings is 1. The molecule has 80 valence electrons. The van der Waals surface area contributed by atoms with Gasteiger partial charge in [0.15, 0.2) is 9.84 Å². The number of sulfone groups is 1. The molecular weight excluding hydrogens is 208 g/mol. The fraction of sp³-hybridized carbons (Fsp3) is 0.333. The van der Waals surface area contributed by atoms with Crippen molar-refractivity contribution in [2.45, 2.75) is 18.2 Å². The van der Waals surface area contributed by atoms with Crippen LogP contribution in [0.3, 0.4) is 0 Å². The van der Waals surface area contributed by atoms with Crippen molar-refractivity contribution in [1.29, 1.82) is 0 Å². The molecule has 1 atom stereocenters. The van der Waals surface area contributed by atoms with Crippen molar-refractivity contribution in [3.05, 3.63) is 29.8 Å². The van der Waals surface area contributed by atoms with Crippen LogP contribution in [0.15, 0.2) is 29.2 Å². The van der Waals surface area contributed by atoms with E-state index in [2.05, 4.69) is 5.92 Å². The lowest BCUT2D eigenvalue weighted by Crippen LogP contribution is -2.00. The Morgan fingerprint density at radius 1 is 1.47 bits per heavy atom. The number of terminal acetylenes is 1. The minimum absolute atomic E-state index is 0.125. The third-order valence-corrected chi connectivity index (χ3v) is 3.26. The van der Waals surface area contributed by atoms with Gasteiger partial charge in [-0.05, 0) is 24.1 Å². The highest BCUT2D eigenvalue weighted by atomic mass is 32.2. The summed E-state index contributed by atoms with van der Waals surface area (Å²) >= 11 is 0. The Morgan fingerprint density at radius 2 is 2.13 bits per heavy atom. The van der Waals surface area contributed by atoms with E-state index in [0.717, 1.165) is 5.56 Å². The van der Waals surface area contributed by atoms with E-state index >= 15 is 0 Å².